The Kier molecular flexibility index (Phi) is 8.54. The summed E-state index contributed by atoms with van der Waals surface area (Å²) < 4.78 is 7.67. The van der Waals surface area contributed by atoms with Gasteiger partial charge in [-0.15, -0.1) is 0 Å². The summed E-state index contributed by atoms with van der Waals surface area (Å²) in [5, 5.41) is 8.21. The summed E-state index contributed by atoms with van der Waals surface area (Å²) in [6.07, 6.45) is 6.32. The zero-order chi connectivity index (χ0) is 14.8. The molecular weight excluding hydrogens is 250 g/mol. The molecule has 0 amide bonds. The Balaban J connectivity index is 2.45. The van der Waals surface area contributed by atoms with Crippen LogP contribution in [0, 0.1) is 0 Å². The standard InChI is InChI=1S/C16H31N3O/c1-5-11-20-12-9-15(17-7-3)13-16-8-10-19(18-16)14(4)6-2/h8,10,14-15,17H,5-7,9,11-13H2,1-4H3. The number of hydrogen-bond acceptors (Lipinski definition) is 3. The molecule has 0 fully saturated rings. The molecule has 0 radical (unpaired) electrons. The van der Waals surface area contributed by atoms with Gasteiger partial charge in [0.25, 0.3) is 0 Å². The number of ether oxygens (including phenoxy) is 1. The first-order valence-corrected chi connectivity index (χ1v) is 8.06. The first-order valence-electron chi connectivity index (χ1n) is 8.06. The van der Waals surface area contributed by atoms with Crippen LogP contribution in [0.2, 0.25) is 0 Å². The molecule has 0 aliphatic heterocycles. The summed E-state index contributed by atoms with van der Waals surface area (Å²) in [4.78, 5) is 0. The molecule has 0 saturated carbocycles. The van der Waals surface area contributed by atoms with Gasteiger partial charge in [0.05, 0.1) is 5.69 Å². The van der Waals surface area contributed by atoms with E-state index in [4.69, 9.17) is 4.74 Å². The van der Waals surface area contributed by atoms with Crippen LogP contribution in [0.4, 0.5) is 0 Å². The van der Waals surface area contributed by atoms with Crippen LogP contribution in [-0.4, -0.2) is 35.6 Å². The van der Waals surface area contributed by atoms with Gasteiger partial charge in [-0.1, -0.05) is 20.8 Å². The fourth-order valence-corrected chi connectivity index (χ4v) is 2.21. The normalized spacial score (nSPS) is 14.4. The van der Waals surface area contributed by atoms with Crippen LogP contribution in [0.15, 0.2) is 12.3 Å². The third kappa shape index (κ3) is 6.06. The van der Waals surface area contributed by atoms with Crippen LogP contribution in [0.25, 0.3) is 0 Å². The largest absolute Gasteiger partial charge is 0.381 e. The molecule has 1 aromatic heterocycles. The summed E-state index contributed by atoms with van der Waals surface area (Å²) in [7, 11) is 0. The Bertz CT molecular complexity index is 351. The van der Waals surface area contributed by atoms with E-state index in [1.54, 1.807) is 0 Å². The van der Waals surface area contributed by atoms with E-state index in [2.05, 4.69) is 55.1 Å². The van der Waals surface area contributed by atoms with E-state index in [-0.39, 0.29) is 0 Å². The van der Waals surface area contributed by atoms with Gasteiger partial charge in [0.2, 0.25) is 0 Å². The first-order chi connectivity index (χ1) is 9.71. The molecule has 2 unspecified atom stereocenters. The van der Waals surface area contributed by atoms with Crippen LogP contribution in [0.3, 0.4) is 0 Å². The molecular formula is C16H31N3O. The summed E-state index contributed by atoms with van der Waals surface area (Å²) in [5.74, 6) is 0. The van der Waals surface area contributed by atoms with Crippen molar-refractivity contribution >= 4 is 0 Å². The molecule has 4 heteroatoms. The van der Waals surface area contributed by atoms with Gasteiger partial charge in [0.15, 0.2) is 0 Å². The lowest BCUT2D eigenvalue weighted by Crippen LogP contribution is -2.32. The van der Waals surface area contributed by atoms with Gasteiger partial charge in [0.1, 0.15) is 0 Å². The number of nitrogens with zero attached hydrogens (tertiary/aromatic N) is 2. The second-order valence-electron chi connectivity index (χ2n) is 5.40. The molecule has 0 aromatic carbocycles. The Hall–Kier alpha value is -0.870. The first kappa shape index (κ1) is 17.2. The van der Waals surface area contributed by atoms with Crippen LogP contribution >= 0.6 is 0 Å². The van der Waals surface area contributed by atoms with Gasteiger partial charge in [0, 0.05) is 37.9 Å². The van der Waals surface area contributed by atoms with Crippen molar-refractivity contribution < 1.29 is 4.74 Å². The van der Waals surface area contributed by atoms with Gasteiger partial charge >= 0.3 is 0 Å². The fraction of sp³-hybridized carbons (Fsp3) is 0.812. The minimum absolute atomic E-state index is 0.456. The minimum Gasteiger partial charge on any atom is -0.381 e. The predicted octanol–water partition coefficient (Wildman–Crippen LogP) is 3.19. The Morgan fingerprint density at radius 1 is 1.30 bits per heavy atom. The van der Waals surface area contributed by atoms with Crippen molar-refractivity contribution in [3.8, 4) is 0 Å². The van der Waals surface area contributed by atoms with Crippen LogP contribution in [-0.2, 0) is 11.2 Å². The van der Waals surface area contributed by atoms with Crippen molar-refractivity contribution in [3.63, 3.8) is 0 Å². The predicted molar refractivity (Wildman–Crippen MR) is 84.1 cm³/mol. The van der Waals surface area contributed by atoms with Gasteiger partial charge in [-0.05, 0) is 38.8 Å². The van der Waals surface area contributed by atoms with Crippen molar-refractivity contribution in [2.75, 3.05) is 19.8 Å². The van der Waals surface area contributed by atoms with E-state index in [1.165, 1.54) is 5.69 Å². The maximum atomic E-state index is 5.59. The molecule has 1 aromatic rings. The van der Waals surface area contributed by atoms with Crippen molar-refractivity contribution in [2.45, 2.75) is 65.5 Å². The number of rotatable bonds is 11. The zero-order valence-corrected chi connectivity index (χ0v) is 13.6. The topological polar surface area (TPSA) is 39.1 Å². The Morgan fingerprint density at radius 3 is 2.75 bits per heavy atom. The molecule has 0 spiro atoms. The molecule has 0 bridgehead atoms. The van der Waals surface area contributed by atoms with E-state index in [0.29, 0.717) is 12.1 Å². The minimum atomic E-state index is 0.456. The quantitative estimate of drug-likeness (QED) is 0.633. The average molecular weight is 281 g/mol. The Morgan fingerprint density at radius 2 is 2.10 bits per heavy atom. The van der Waals surface area contributed by atoms with Crippen LogP contribution in [0.5, 0.6) is 0 Å². The molecule has 0 saturated heterocycles. The van der Waals surface area contributed by atoms with Crippen molar-refractivity contribution in [1.29, 1.82) is 0 Å². The second-order valence-corrected chi connectivity index (χ2v) is 5.40. The van der Waals surface area contributed by atoms with Gasteiger partial charge < -0.3 is 10.1 Å². The molecule has 116 valence electrons. The average Bonchev–Trinajstić information content (AvgIpc) is 2.91. The molecule has 2 atom stereocenters. The third-order valence-corrected chi connectivity index (χ3v) is 3.61. The molecule has 20 heavy (non-hydrogen) atoms. The molecule has 0 aliphatic rings. The van der Waals surface area contributed by atoms with Crippen LogP contribution in [0.1, 0.15) is 58.7 Å². The highest BCUT2D eigenvalue weighted by Crippen LogP contribution is 2.11. The maximum absolute atomic E-state index is 5.59. The SMILES string of the molecule is CCCOCCC(Cc1ccn(C(C)CC)n1)NCC. The molecule has 1 N–H and O–H groups in total. The van der Waals surface area contributed by atoms with E-state index in [9.17, 15) is 0 Å². The highest BCUT2D eigenvalue weighted by atomic mass is 16.5. The monoisotopic (exact) mass is 281 g/mol. The fourth-order valence-electron chi connectivity index (χ4n) is 2.21. The van der Waals surface area contributed by atoms with E-state index in [1.807, 2.05) is 0 Å². The summed E-state index contributed by atoms with van der Waals surface area (Å²) in [6, 6.07) is 3.08. The van der Waals surface area contributed by atoms with E-state index >= 15 is 0 Å². The lowest BCUT2D eigenvalue weighted by molar-refractivity contribution is 0.124. The van der Waals surface area contributed by atoms with Crippen molar-refractivity contribution in [1.82, 2.24) is 15.1 Å². The molecule has 4 nitrogen and oxygen atoms in total. The number of hydrogen-bond donors (Lipinski definition) is 1. The molecule has 0 aliphatic carbocycles. The smallest absolute Gasteiger partial charge is 0.0640 e. The zero-order valence-electron chi connectivity index (χ0n) is 13.6. The van der Waals surface area contributed by atoms with E-state index < -0.39 is 0 Å². The van der Waals surface area contributed by atoms with Gasteiger partial charge in [-0.2, -0.15) is 5.10 Å². The number of nitrogens with one attached hydrogen (secondary N) is 1. The molecule has 1 heterocycles. The summed E-state index contributed by atoms with van der Waals surface area (Å²) in [6.45, 7) is 11.4. The van der Waals surface area contributed by atoms with Crippen molar-refractivity contribution in [3.05, 3.63) is 18.0 Å². The van der Waals surface area contributed by atoms with E-state index in [0.717, 1.165) is 45.4 Å². The van der Waals surface area contributed by atoms with Gasteiger partial charge in [-0.3, -0.25) is 4.68 Å². The highest BCUT2D eigenvalue weighted by molar-refractivity contribution is 5.02. The number of likely N-dealkylation sites (N-methyl/N-ethyl adjacent to an activating group) is 1. The summed E-state index contributed by atoms with van der Waals surface area (Å²) in [5.41, 5.74) is 1.17. The summed E-state index contributed by atoms with van der Waals surface area (Å²) >= 11 is 0. The number of aromatic nitrogens is 2. The second kappa shape index (κ2) is 9.94. The maximum Gasteiger partial charge on any atom is 0.0640 e. The highest BCUT2D eigenvalue weighted by Gasteiger charge is 2.11. The lowest BCUT2D eigenvalue weighted by Gasteiger charge is -2.17. The lowest BCUT2D eigenvalue weighted by atomic mass is 10.1. The van der Waals surface area contributed by atoms with Crippen molar-refractivity contribution in [2.24, 2.45) is 0 Å². The third-order valence-electron chi connectivity index (χ3n) is 3.61. The molecule has 1 rings (SSSR count). The Labute approximate surface area is 123 Å². The van der Waals surface area contributed by atoms with Gasteiger partial charge in [-0.25, -0.2) is 0 Å². The van der Waals surface area contributed by atoms with Crippen LogP contribution < -0.4 is 5.32 Å².